The van der Waals surface area contributed by atoms with Gasteiger partial charge < -0.3 is 24.1 Å². The number of piperidine rings is 1. The monoisotopic (exact) mass is 428 g/mol. The number of hydrogen-bond acceptors (Lipinski definition) is 5. The molecule has 2 fully saturated rings. The van der Waals surface area contributed by atoms with Crippen LogP contribution in [0.25, 0.3) is 11.0 Å². The van der Waals surface area contributed by atoms with Gasteiger partial charge in [-0.15, -0.1) is 0 Å². The molecule has 1 aromatic heterocycles. The number of furan rings is 1. The Bertz CT molecular complexity index is 927. The Balaban J connectivity index is 1.50. The highest BCUT2D eigenvalue weighted by atomic mass is 16.5. The van der Waals surface area contributed by atoms with Gasteiger partial charge >= 0.3 is 0 Å². The van der Waals surface area contributed by atoms with Crippen molar-refractivity contribution in [1.29, 1.82) is 0 Å². The zero-order chi connectivity index (χ0) is 22.4. The third-order valence-corrected chi connectivity index (χ3v) is 6.35. The van der Waals surface area contributed by atoms with Crippen LogP contribution in [0.3, 0.4) is 0 Å². The zero-order valence-electron chi connectivity index (χ0n) is 19.5. The van der Waals surface area contributed by atoms with Gasteiger partial charge in [-0.2, -0.15) is 0 Å². The molecule has 3 heterocycles. The summed E-state index contributed by atoms with van der Waals surface area (Å²) in [4.78, 5) is 17.2. The van der Waals surface area contributed by atoms with Crippen molar-refractivity contribution in [3.8, 4) is 0 Å². The van der Waals surface area contributed by atoms with E-state index in [0.29, 0.717) is 37.3 Å². The average Bonchev–Trinajstić information content (AvgIpc) is 3.11. The van der Waals surface area contributed by atoms with Crippen LogP contribution in [0.5, 0.6) is 0 Å². The number of benzene rings is 1. The summed E-state index contributed by atoms with van der Waals surface area (Å²) >= 11 is 0. The number of ether oxygens (including phenoxy) is 1. The lowest BCUT2D eigenvalue weighted by atomic mass is 9.83. The van der Waals surface area contributed by atoms with Gasteiger partial charge in [0.2, 0.25) is 0 Å². The van der Waals surface area contributed by atoms with Gasteiger partial charge in [-0.3, -0.25) is 4.79 Å². The van der Waals surface area contributed by atoms with Crippen molar-refractivity contribution in [1.82, 2.24) is 9.80 Å². The SMILES string of the molecule is C[C@@H]1CN(C(=O)c2cc3cc(C4(O)CCN(CC(C)(C)C)CC4)ccc3o2)C[C@H](C)O1. The summed E-state index contributed by atoms with van der Waals surface area (Å²) in [5.74, 6) is 0.245. The maximum atomic E-state index is 13.0. The van der Waals surface area contributed by atoms with E-state index in [1.165, 1.54) is 0 Å². The molecule has 2 saturated heterocycles. The molecular weight excluding hydrogens is 392 g/mol. The standard InChI is InChI=1S/C25H36N2O4/c1-17-14-27(15-18(2)30-17)23(28)22-13-19-12-20(6-7-21(19)31-22)25(29)8-10-26(11-9-25)16-24(3,4)5/h6-7,12-13,17-18,29H,8-11,14-16H2,1-5H3/t17-,18+. The second-order valence-electron chi connectivity index (χ2n) is 10.7. The first kappa shape index (κ1) is 22.3. The van der Waals surface area contributed by atoms with Crippen molar-refractivity contribution in [2.45, 2.75) is 65.3 Å². The Morgan fingerprint density at radius 3 is 2.39 bits per heavy atom. The molecule has 1 N–H and O–H groups in total. The number of rotatable bonds is 3. The molecule has 2 atom stereocenters. The summed E-state index contributed by atoms with van der Waals surface area (Å²) in [5.41, 5.74) is 1.00. The van der Waals surface area contributed by atoms with Crippen molar-refractivity contribution in [2.75, 3.05) is 32.7 Å². The van der Waals surface area contributed by atoms with Crippen LogP contribution in [-0.4, -0.2) is 65.7 Å². The van der Waals surface area contributed by atoms with Gasteiger partial charge in [0.15, 0.2) is 5.76 Å². The first-order valence-corrected chi connectivity index (χ1v) is 11.5. The highest BCUT2D eigenvalue weighted by molar-refractivity contribution is 5.96. The van der Waals surface area contributed by atoms with Gasteiger partial charge in [-0.1, -0.05) is 26.8 Å². The van der Waals surface area contributed by atoms with Crippen LogP contribution in [0.15, 0.2) is 28.7 Å². The minimum atomic E-state index is -0.834. The lowest BCUT2D eigenvalue weighted by Crippen LogP contribution is -2.48. The number of carbonyl (C=O) groups excluding carboxylic acids is 1. The summed E-state index contributed by atoms with van der Waals surface area (Å²) in [6, 6.07) is 7.62. The number of likely N-dealkylation sites (tertiary alicyclic amines) is 1. The molecule has 2 aromatic rings. The smallest absolute Gasteiger partial charge is 0.289 e. The lowest BCUT2D eigenvalue weighted by molar-refractivity contribution is -0.0591. The van der Waals surface area contributed by atoms with Crippen molar-refractivity contribution in [2.24, 2.45) is 5.41 Å². The summed E-state index contributed by atoms with van der Waals surface area (Å²) in [6.45, 7) is 14.6. The summed E-state index contributed by atoms with van der Waals surface area (Å²) in [7, 11) is 0. The molecule has 0 saturated carbocycles. The number of amides is 1. The second-order valence-corrected chi connectivity index (χ2v) is 10.7. The van der Waals surface area contributed by atoms with E-state index in [9.17, 15) is 9.90 Å². The molecule has 0 spiro atoms. The molecule has 1 amide bonds. The fraction of sp³-hybridized carbons (Fsp3) is 0.640. The van der Waals surface area contributed by atoms with Gasteiger partial charge in [0.1, 0.15) is 5.58 Å². The molecule has 170 valence electrons. The molecule has 0 unspecified atom stereocenters. The lowest BCUT2D eigenvalue weighted by Gasteiger charge is -2.40. The van der Waals surface area contributed by atoms with E-state index in [1.54, 1.807) is 4.90 Å². The Kier molecular flexibility index (Phi) is 5.92. The number of morpholine rings is 1. The molecule has 6 heteroatoms. The molecule has 2 aliphatic rings. The number of fused-ring (bicyclic) bond motifs is 1. The Labute approximate surface area is 185 Å². The highest BCUT2D eigenvalue weighted by Gasteiger charge is 2.35. The fourth-order valence-electron chi connectivity index (χ4n) is 4.98. The number of carbonyl (C=O) groups is 1. The van der Waals surface area contributed by atoms with E-state index < -0.39 is 5.60 Å². The zero-order valence-corrected chi connectivity index (χ0v) is 19.5. The van der Waals surface area contributed by atoms with Crippen LogP contribution in [0.4, 0.5) is 0 Å². The van der Waals surface area contributed by atoms with Gasteiger partial charge in [0.05, 0.1) is 17.8 Å². The summed E-state index contributed by atoms with van der Waals surface area (Å²) < 4.78 is 11.6. The van der Waals surface area contributed by atoms with E-state index in [2.05, 4.69) is 25.7 Å². The van der Waals surface area contributed by atoms with Gasteiger partial charge in [0, 0.05) is 38.1 Å². The topological polar surface area (TPSA) is 66.2 Å². The van der Waals surface area contributed by atoms with Crippen LogP contribution in [0, 0.1) is 5.41 Å². The Morgan fingerprint density at radius 1 is 1.13 bits per heavy atom. The van der Waals surface area contributed by atoms with Gasteiger partial charge in [0.25, 0.3) is 5.91 Å². The van der Waals surface area contributed by atoms with Crippen molar-refractivity contribution in [3.05, 3.63) is 35.6 Å². The quantitative estimate of drug-likeness (QED) is 0.800. The minimum Gasteiger partial charge on any atom is -0.451 e. The molecule has 31 heavy (non-hydrogen) atoms. The van der Waals surface area contributed by atoms with Crippen LogP contribution in [0.2, 0.25) is 0 Å². The average molecular weight is 429 g/mol. The van der Waals surface area contributed by atoms with Crippen LogP contribution >= 0.6 is 0 Å². The summed E-state index contributed by atoms with van der Waals surface area (Å²) in [5, 5.41) is 12.2. The molecule has 0 aliphatic carbocycles. The van der Waals surface area contributed by atoms with E-state index in [0.717, 1.165) is 30.6 Å². The molecular formula is C25H36N2O4. The molecule has 0 radical (unpaired) electrons. The van der Waals surface area contributed by atoms with Gasteiger partial charge in [-0.05, 0) is 55.9 Å². The maximum Gasteiger partial charge on any atom is 0.289 e. The fourth-order valence-corrected chi connectivity index (χ4v) is 4.98. The third-order valence-electron chi connectivity index (χ3n) is 6.35. The van der Waals surface area contributed by atoms with E-state index in [4.69, 9.17) is 9.15 Å². The highest BCUT2D eigenvalue weighted by Crippen LogP contribution is 2.36. The minimum absolute atomic E-state index is 0.0158. The van der Waals surface area contributed by atoms with E-state index >= 15 is 0 Å². The number of hydrogen-bond donors (Lipinski definition) is 1. The Morgan fingerprint density at radius 2 is 1.77 bits per heavy atom. The van der Waals surface area contributed by atoms with Crippen molar-refractivity contribution >= 4 is 16.9 Å². The first-order chi connectivity index (χ1) is 14.5. The molecule has 4 rings (SSSR count). The predicted octanol–water partition coefficient (Wildman–Crippen LogP) is 4.01. The molecule has 1 aromatic carbocycles. The summed E-state index contributed by atoms with van der Waals surface area (Å²) in [6.07, 6.45) is 1.45. The molecule has 2 aliphatic heterocycles. The van der Waals surface area contributed by atoms with Crippen LogP contribution in [-0.2, 0) is 10.3 Å². The second kappa shape index (κ2) is 8.23. The van der Waals surface area contributed by atoms with Crippen LogP contribution in [0.1, 0.15) is 63.6 Å². The van der Waals surface area contributed by atoms with E-state index in [-0.39, 0.29) is 23.5 Å². The Hall–Kier alpha value is -1.89. The molecule has 6 nitrogen and oxygen atoms in total. The predicted molar refractivity (Wildman–Crippen MR) is 121 cm³/mol. The van der Waals surface area contributed by atoms with Crippen molar-refractivity contribution < 1.29 is 19.1 Å². The van der Waals surface area contributed by atoms with Crippen molar-refractivity contribution in [3.63, 3.8) is 0 Å². The third kappa shape index (κ3) is 4.97. The first-order valence-electron chi connectivity index (χ1n) is 11.5. The number of nitrogens with zero attached hydrogens (tertiary/aromatic N) is 2. The number of aliphatic hydroxyl groups is 1. The normalized spacial score (nSPS) is 25.2. The van der Waals surface area contributed by atoms with E-state index in [1.807, 2.05) is 38.1 Å². The van der Waals surface area contributed by atoms with Gasteiger partial charge in [-0.25, -0.2) is 0 Å². The largest absolute Gasteiger partial charge is 0.451 e. The van der Waals surface area contributed by atoms with Crippen LogP contribution < -0.4 is 0 Å². The molecule has 0 bridgehead atoms. The maximum absolute atomic E-state index is 13.0.